The number of nitrogens with two attached hydrogens (primary N) is 1. The lowest BCUT2D eigenvalue weighted by Crippen LogP contribution is -2.46. The molecule has 0 bridgehead atoms. The zero-order chi connectivity index (χ0) is 15.1. The molecule has 116 valence electrons. The molecule has 1 aliphatic heterocycles. The van der Waals surface area contributed by atoms with Crippen LogP contribution >= 0.6 is 0 Å². The molecule has 1 heterocycles. The minimum Gasteiger partial charge on any atom is -0.445 e. The van der Waals surface area contributed by atoms with Crippen molar-refractivity contribution in [2.24, 2.45) is 11.7 Å². The summed E-state index contributed by atoms with van der Waals surface area (Å²) in [6.45, 7) is 1.73. The van der Waals surface area contributed by atoms with Crippen LogP contribution in [0.4, 0.5) is 4.79 Å². The Kier molecular flexibility index (Phi) is 6.02. The highest BCUT2D eigenvalue weighted by molar-refractivity contribution is 5.67. The van der Waals surface area contributed by atoms with Crippen LogP contribution in [0.15, 0.2) is 30.3 Å². The fourth-order valence-electron chi connectivity index (χ4n) is 2.72. The normalized spacial score (nSPS) is 20.1. The summed E-state index contributed by atoms with van der Waals surface area (Å²) in [5.41, 5.74) is 7.03. The van der Waals surface area contributed by atoms with E-state index in [2.05, 4.69) is 0 Å². The molecular weight excluding hydrogens is 268 g/mol. The van der Waals surface area contributed by atoms with Crippen LogP contribution in [0.5, 0.6) is 0 Å². The van der Waals surface area contributed by atoms with E-state index in [1.54, 1.807) is 4.90 Å². The second kappa shape index (κ2) is 8.00. The number of carbonyl (C=O) groups excluding carboxylic acids is 1. The highest BCUT2D eigenvalue weighted by Gasteiger charge is 2.28. The molecule has 2 atom stereocenters. The van der Waals surface area contributed by atoms with Crippen LogP contribution in [-0.4, -0.2) is 41.8 Å². The number of likely N-dealkylation sites (tertiary alicyclic amines) is 1. The Balaban J connectivity index is 1.81. The second-order valence-electron chi connectivity index (χ2n) is 5.56. The lowest BCUT2D eigenvalue weighted by molar-refractivity contribution is 0.0741. The van der Waals surface area contributed by atoms with Gasteiger partial charge in [0, 0.05) is 25.7 Å². The molecule has 1 amide bonds. The topological polar surface area (TPSA) is 75.8 Å². The quantitative estimate of drug-likeness (QED) is 0.867. The van der Waals surface area contributed by atoms with Crippen LogP contribution < -0.4 is 5.73 Å². The van der Waals surface area contributed by atoms with Gasteiger partial charge in [-0.2, -0.15) is 0 Å². The standard InChI is InChI=1S/C16H24N2O3/c17-15(8-10-19)14-7-4-9-18(11-14)16(20)21-12-13-5-2-1-3-6-13/h1-3,5-6,14-15,19H,4,7-12,17H2/t14-,15+/m1/s1. The summed E-state index contributed by atoms with van der Waals surface area (Å²) >= 11 is 0. The largest absolute Gasteiger partial charge is 0.445 e. The van der Waals surface area contributed by atoms with Crippen molar-refractivity contribution in [2.75, 3.05) is 19.7 Å². The molecule has 1 aromatic rings. The number of rotatable bonds is 5. The van der Waals surface area contributed by atoms with Crippen LogP contribution in [0.3, 0.4) is 0 Å². The third kappa shape index (κ3) is 4.72. The van der Waals surface area contributed by atoms with E-state index >= 15 is 0 Å². The van der Waals surface area contributed by atoms with Crippen LogP contribution in [0.1, 0.15) is 24.8 Å². The van der Waals surface area contributed by atoms with Crippen molar-refractivity contribution < 1.29 is 14.6 Å². The number of benzene rings is 1. The van der Waals surface area contributed by atoms with Gasteiger partial charge in [-0.25, -0.2) is 4.79 Å². The van der Waals surface area contributed by atoms with Gasteiger partial charge in [0.05, 0.1) is 0 Å². The molecule has 2 rings (SSSR count). The van der Waals surface area contributed by atoms with Gasteiger partial charge in [-0.3, -0.25) is 0 Å². The summed E-state index contributed by atoms with van der Waals surface area (Å²) in [7, 11) is 0. The minimum atomic E-state index is -0.278. The first-order valence-corrected chi connectivity index (χ1v) is 7.52. The van der Waals surface area contributed by atoms with E-state index in [1.807, 2.05) is 30.3 Å². The van der Waals surface area contributed by atoms with Gasteiger partial charge in [0.15, 0.2) is 0 Å². The molecule has 0 saturated carbocycles. The first kappa shape index (κ1) is 15.8. The number of carbonyl (C=O) groups is 1. The molecule has 1 saturated heterocycles. The van der Waals surface area contributed by atoms with Crippen LogP contribution in [0, 0.1) is 5.92 Å². The number of aliphatic hydroxyl groups is 1. The van der Waals surface area contributed by atoms with E-state index in [1.165, 1.54) is 0 Å². The van der Waals surface area contributed by atoms with Gasteiger partial charge in [-0.15, -0.1) is 0 Å². The van der Waals surface area contributed by atoms with E-state index in [0.29, 0.717) is 19.6 Å². The molecule has 0 radical (unpaired) electrons. The van der Waals surface area contributed by atoms with Gasteiger partial charge < -0.3 is 20.5 Å². The Bertz CT molecular complexity index is 438. The molecule has 0 spiro atoms. The molecule has 3 N–H and O–H groups in total. The minimum absolute atomic E-state index is 0.0558. The molecule has 0 aliphatic carbocycles. The number of ether oxygens (including phenoxy) is 1. The van der Waals surface area contributed by atoms with Crippen molar-refractivity contribution in [2.45, 2.75) is 31.9 Å². The van der Waals surface area contributed by atoms with E-state index < -0.39 is 0 Å². The number of nitrogens with zero attached hydrogens (tertiary/aromatic N) is 1. The zero-order valence-electron chi connectivity index (χ0n) is 12.3. The van der Waals surface area contributed by atoms with Gasteiger partial charge in [0.25, 0.3) is 0 Å². The lowest BCUT2D eigenvalue weighted by Gasteiger charge is -2.34. The highest BCUT2D eigenvalue weighted by Crippen LogP contribution is 2.21. The summed E-state index contributed by atoms with van der Waals surface area (Å²) in [6.07, 6.45) is 2.24. The lowest BCUT2D eigenvalue weighted by atomic mass is 9.90. The molecular formula is C16H24N2O3. The molecule has 21 heavy (non-hydrogen) atoms. The third-order valence-electron chi connectivity index (χ3n) is 3.99. The fraction of sp³-hybridized carbons (Fsp3) is 0.562. The van der Waals surface area contributed by atoms with Crippen molar-refractivity contribution >= 4 is 6.09 Å². The number of hydrogen-bond acceptors (Lipinski definition) is 4. The summed E-state index contributed by atoms with van der Waals surface area (Å²) in [5, 5.41) is 8.97. The monoisotopic (exact) mass is 292 g/mol. The summed E-state index contributed by atoms with van der Waals surface area (Å²) in [4.78, 5) is 13.8. The van der Waals surface area contributed by atoms with Crippen molar-refractivity contribution in [1.82, 2.24) is 4.90 Å². The number of amides is 1. The average Bonchev–Trinajstić information content (AvgIpc) is 2.54. The molecule has 5 nitrogen and oxygen atoms in total. The smallest absolute Gasteiger partial charge is 0.410 e. The Labute approximate surface area is 125 Å². The number of hydrogen-bond donors (Lipinski definition) is 2. The predicted octanol–water partition coefficient (Wildman–Crippen LogP) is 1.74. The Hall–Kier alpha value is -1.59. The van der Waals surface area contributed by atoms with Gasteiger partial charge in [-0.1, -0.05) is 30.3 Å². The second-order valence-corrected chi connectivity index (χ2v) is 5.56. The summed E-state index contributed by atoms with van der Waals surface area (Å²) in [6, 6.07) is 9.59. The van der Waals surface area contributed by atoms with Gasteiger partial charge >= 0.3 is 6.09 Å². The molecule has 5 heteroatoms. The number of aliphatic hydroxyl groups excluding tert-OH is 1. The number of piperidine rings is 1. The van der Waals surface area contributed by atoms with E-state index in [9.17, 15) is 4.79 Å². The third-order valence-corrected chi connectivity index (χ3v) is 3.99. The summed E-state index contributed by atoms with van der Waals surface area (Å²) < 4.78 is 5.35. The summed E-state index contributed by atoms with van der Waals surface area (Å²) in [5.74, 6) is 0.246. The van der Waals surface area contributed by atoms with Crippen molar-refractivity contribution in [3.05, 3.63) is 35.9 Å². The molecule has 1 aliphatic rings. The SMILES string of the molecule is N[C@@H](CCO)[C@@H]1CCCN(C(=O)OCc2ccccc2)C1. The predicted molar refractivity (Wildman–Crippen MR) is 80.6 cm³/mol. The molecule has 0 unspecified atom stereocenters. The Morgan fingerprint density at radius 2 is 2.19 bits per heavy atom. The zero-order valence-corrected chi connectivity index (χ0v) is 12.3. The first-order valence-electron chi connectivity index (χ1n) is 7.52. The maximum atomic E-state index is 12.1. The van der Waals surface area contributed by atoms with Crippen LogP contribution in [-0.2, 0) is 11.3 Å². The van der Waals surface area contributed by atoms with Crippen molar-refractivity contribution in [3.8, 4) is 0 Å². The maximum absolute atomic E-state index is 12.1. The molecule has 0 aromatic heterocycles. The van der Waals surface area contributed by atoms with Crippen molar-refractivity contribution in [1.29, 1.82) is 0 Å². The fourth-order valence-corrected chi connectivity index (χ4v) is 2.72. The van der Waals surface area contributed by atoms with Gasteiger partial charge in [0.1, 0.15) is 6.61 Å². The van der Waals surface area contributed by atoms with E-state index in [4.69, 9.17) is 15.6 Å². The average molecular weight is 292 g/mol. The molecule has 1 fully saturated rings. The molecule has 1 aromatic carbocycles. The van der Waals surface area contributed by atoms with Crippen molar-refractivity contribution in [3.63, 3.8) is 0 Å². The highest BCUT2D eigenvalue weighted by atomic mass is 16.6. The van der Waals surface area contributed by atoms with Crippen LogP contribution in [0.25, 0.3) is 0 Å². The first-order chi connectivity index (χ1) is 10.2. The Morgan fingerprint density at radius 3 is 2.90 bits per heavy atom. The van der Waals surface area contributed by atoms with Gasteiger partial charge in [0.2, 0.25) is 0 Å². The van der Waals surface area contributed by atoms with E-state index in [-0.39, 0.29) is 24.7 Å². The Morgan fingerprint density at radius 1 is 1.43 bits per heavy atom. The van der Waals surface area contributed by atoms with Gasteiger partial charge in [-0.05, 0) is 30.7 Å². The van der Waals surface area contributed by atoms with E-state index in [0.717, 1.165) is 24.9 Å². The maximum Gasteiger partial charge on any atom is 0.410 e. The van der Waals surface area contributed by atoms with Crippen LogP contribution in [0.2, 0.25) is 0 Å².